The third-order valence-corrected chi connectivity index (χ3v) is 5.16. The summed E-state index contributed by atoms with van der Waals surface area (Å²) < 4.78 is 26.7. The number of sulfonamides is 1. The molecule has 1 aromatic rings. The van der Waals surface area contributed by atoms with Crippen LogP contribution in [0.2, 0.25) is 10.0 Å². The van der Waals surface area contributed by atoms with Crippen LogP contribution in [0.5, 0.6) is 0 Å². The van der Waals surface area contributed by atoms with Crippen molar-refractivity contribution in [1.29, 1.82) is 0 Å². The van der Waals surface area contributed by atoms with E-state index in [-0.39, 0.29) is 0 Å². The summed E-state index contributed by atoms with van der Waals surface area (Å²) in [5.74, 6) is 0. The number of rotatable bonds is 6. The van der Waals surface area contributed by atoms with Gasteiger partial charge in [0.25, 0.3) is 0 Å². The molecule has 7 heteroatoms. The van der Waals surface area contributed by atoms with Gasteiger partial charge in [-0.1, -0.05) is 30.1 Å². The van der Waals surface area contributed by atoms with Crippen molar-refractivity contribution < 1.29 is 8.42 Å². The molecule has 108 valence electrons. The summed E-state index contributed by atoms with van der Waals surface area (Å²) in [6.07, 6.45) is 0. The van der Waals surface area contributed by atoms with Crippen molar-refractivity contribution in [3.63, 3.8) is 0 Å². The number of nitrogens with one attached hydrogen (secondary N) is 2. The molecule has 0 radical (unpaired) electrons. The molecule has 1 rings (SSSR count). The summed E-state index contributed by atoms with van der Waals surface area (Å²) in [4.78, 5) is 0. The maximum atomic E-state index is 12.1. The molecule has 0 saturated carbocycles. The van der Waals surface area contributed by atoms with Gasteiger partial charge in [-0.2, -0.15) is 0 Å². The molecule has 0 spiro atoms. The molecule has 0 bridgehead atoms. The van der Waals surface area contributed by atoms with E-state index in [0.717, 1.165) is 12.1 Å². The molecule has 0 aliphatic rings. The highest BCUT2D eigenvalue weighted by atomic mass is 35.5. The molecule has 0 fully saturated rings. The van der Waals surface area contributed by atoms with E-state index in [2.05, 4.69) is 10.0 Å². The second-order valence-corrected chi connectivity index (χ2v) is 7.26. The summed E-state index contributed by atoms with van der Waals surface area (Å²) in [6, 6.07) is 3.16. The van der Waals surface area contributed by atoms with Crippen LogP contribution in [0.25, 0.3) is 0 Å². The Balaban J connectivity index is 2.92. The monoisotopic (exact) mass is 324 g/mol. The molecule has 4 nitrogen and oxygen atoms in total. The van der Waals surface area contributed by atoms with Crippen molar-refractivity contribution in [2.45, 2.75) is 26.0 Å². The van der Waals surface area contributed by atoms with E-state index in [4.69, 9.17) is 23.2 Å². The largest absolute Gasteiger partial charge is 0.316 e. The fraction of sp³-hybridized carbons (Fsp3) is 0.500. The average Bonchev–Trinajstić information content (AvgIpc) is 2.32. The number of aryl methyl sites for hydroxylation is 1. The van der Waals surface area contributed by atoms with Crippen LogP contribution in [0.15, 0.2) is 12.1 Å². The van der Waals surface area contributed by atoms with Crippen molar-refractivity contribution in [2.24, 2.45) is 0 Å². The first-order valence-electron chi connectivity index (χ1n) is 5.96. The topological polar surface area (TPSA) is 58.2 Å². The molecular formula is C12H18Cl2N2O2S. The molecule has 1 atom stereocenters. The Morgan fingerprint density at radius 3 is 2.47 bits per heavy atom. The van der Waals surface area contributed by atoms with Gasteiger partial charge >= 0.3 is 0 Å². The Kier molecular flexibility index (Phi) is 5.92. The third kappa shape index (κ3) is 4.53. The lowest BCUT2D eigenvalue weighted by atomic mass is 10.2. The van der Waals surface area contributed by atoms with Crippen LogP contribution in [0, 0.1) is 6.92 Å². The predicted molar refractivity (Wildman–Crippen MR) is 81.7 cm³/mol. The maximum absolute atomic E-state index is 12.1. The van der Waals surface area contributed by atoms with Gasteiger partial charge < -0.3 is 5.32 Å². The first-order valence-corrected chi connectivity index (χ1v) is 8.26. The second kappa shape index (κ2) is 6.79. The highest BCUT2D eigenvalue weighted by Crippen LogP contribution is 2.29. The van der Waals surface area contributed by atoms with Crippen molar-refractivity contribution in [1.82, 2.24) is 5.32 Å². The second-order valence-electron chi connectivity index (χ2n) is 4.35. The zero-order chi connectivity index (χ0) is 14.6. The van der Waals surface area contributed by atoms with Crippen molar-refractivity contribution in [2.75, 3.05) is 17.8 Å². The maximum Gasteiger partial charge on any atom is 0.236 e. The first kappa shape index (κ1) is 16.6. The Hall–Kier alpha value is -0.490. The van der Waals surface area contributed by atoms with Gasteiger partial charge in [0, 0.05) is 11.6 Å². The Morgan fingerprint density at radius 1 is 1.26 bits per heavy atom. The van der Waals surface area contributed by atoms with E-state index in [1.165, 1.54) is 6.07 Å². The van der Waals surface area contributed by atoms with Gasteiger partial charge in [0.05, 0.1) is 16.0 Å². The van der Waals surface area contributed by atoms with Gasteiger partial charge in [-0.15, -0.1) is 0 Å². The minimum Gasteiger partial charge on any atom is -0.316 e. The molecule has 0 aliphatic heterocycles. The molecule has 2 N–H and O–H groups in total. The lowest BCUT2D eigenvalue weighted by Gasteiger charge is -2.16. The first-order chi connectivity index (χ1) is 8.77. The van der Waals surface area contributed by atoms with Crippen LogP contribution in [0.4, 0.5) is 5.69 Å². The zero-order valence-electron chi connectivity index (χ0n) is 11.1. The third-order valence-electron chi connectivity index (χ3n) is 2.71. The van der Waals surface area contributed by atoms with Gasteiger partial charge in [0.2, 0.25) is 10.0 Å². The number of hydrogen-bond donors (Lipinski definition) is 2. The van der Waals surface area contributed by atoms with E-state index < -0.39 is 15.3 Å². The molecule has 19 heavy (non-hydrogen) atoms. The number of hydrogen-bond acceptors (Lipinski definition) is 3. The standard InChI is InChI=1S/C12H18Cl2N2O2S/c1-4-15-7-9(3)19(17,18)16-12-6-10(13)8(2)5-11(12)14/h5-6,9,15-16H,4,7H2,1-3H3. The molecule has 0 saturated heterocycles. The van der Waals surface area contributed by atoms with E-state index in [1.807, 2.05) is 6.92 Å². The summed E-state index contributed by atoms with van der Waals surface area (Å²) in [5.41, 5.74) is 1.11. The number of benzene rings is 1. The van der Waals surface area contributed by atoms with E-state index >= 15 is 0 Å². The SMILES string of the molecule is CCNCC(C)S(=O)(=O)Nc1cc(Cl)c(C)cc1Cl. The molecule has 0 amide bonds. The fourth-order valence-corrected chi connectivity index (χ4v) is 2.93. The number of anilines is 1. The van der Waals surface area contributed by atoms with Crippen molar-refractivity contribution in [3.8, 4) is 0 Å². The Labute approximate surface area is 124 Å². The predicted octanol–water partition coefficient (Wildman–Crippen LogP) is 3.04. The van der Waals surface area contributed by atoms with Gasteiger partial charge in [-0.25, -0.2) is 8.42 Å². The highest BCUT2D eigenvalue weighted by Gasteiger charge is 2.21. The van der Waals surface area contributed by atoms with Gasteiger partial charge in [-0.05, 0) is 38.1 Å². The molecule has 0 heterocycles. The smallest absolute Gasteiger partial charge is 0.236 e. The van der Waals surface area contributed by atoms with Gasteiger partial charge in [0.15, 0.2) is 0 Å². The van der Waals surface area contributed by atoms with E-state index in [1.54, 1.807) is 19.9 Å². The van der Waals surface area contributed by atoms with Gasteiger partial charge in [0.1, 0.15) is 0 Å². The zero-order valence-corrected chi connectivity index (χ0v) is 13.5. The van der Waals surface area contributed by atoms with Crippen LogP contribution in [-0.4, -0.2) is 26.8 Å². The van der Waals surface area contributed by atoms with Gasteiger partial charge in [-0.3, -0.25) is 4.72 Å². The molecule has 0 aromatic heterocycles. The van der Waals surface area contributed by atoms with Crippen molar-refractivity contribution in [3.05, 3.63) is 27.7 Å². The quantitative estimate of drug-likeness (QED) is 0.845. The Bertz CT molecular complexity index is 547. The molecule has 1 unspecified atom stereocenters. The lowest BCUT2D eigenvalue weighted by Crippen LogP contribution is -2.34. The van der Waals surface area contributed by atoms with Crippen LogP contribution >= 0.6 is 23.2 Å². The van der Waals surface area contributed by atoms with Crippen LogP contribution in [-0.2, 0) is 10.0 Å². The summed E-state index contributed by atoms with van der Waals surface area (Å²) in [7, 11) is -3.49. The summed E-state index contributed by atoms with van der Waals surface area (Å²) in [6.45, 7) is 6.46. The van der Waals surface area contributed by atoms with Crippen molar-refractivity contribution >= 4 is 38.9 Å². The normalized spacial score (nSPS) is 13.3. The minimum absolute atomic E-state index is 0.306. The van der Waals surface area contributed by atoms with E-state index in [0.29, 0.717) is 22.3 Å². The number of halogens is 2. The fourth-order valence-electron chi connectivity index (χ4n) is 1.44. The molecular weight excluding hydrogens is 307 g/mol. The average molecular weight is 325 g/mol. The van der Waals surface area contributed by atoms with Crippen LogP contribution < -0.4 is 10.0 Å². The van der Waals surface area contributed by atoms with E-state index in [9.17, 15) is 8.42 Å². The molecule has 1 aromatic carbocycles. The minimum atomic E-state index is -3.49. The van der Waals surface area contributed by atoms with Crippen LogP contribution in [0.3, 0.4) is 0 Å². The summed E-state index contributed by atoms with van der Waals surface area (Å²) in [5, 5.41) is 3.24. The Morgan fingerprint density at radius 2 is 1.89 bits per heavy atom. The highest BCUT2D eigenvalue weighted by molar-refractivity contribution is 7.93. The molecule has 0 aliphatic carbocycles. The lowest BCUT2D eigenvalue weighted by molar-refractivity contribution is 0.579. The summed E-state index contributed by atoms with van der Waals surface area (Å²) >= 11 is 12.0. The van der Waals surface area contributed by atoms with Crippen LogP contribution in [0.1, 0.15) is 19.4 Å².